The van der Waals surface area contributed by atoms with Crippen LogP contribution >= 0.6 is 11.8 Å². The van der Waals surface area contributed by atoms with E-state index >= 15 is 0 Å². The summed E-state index contributed by atoms with van der Waals surface area (Å²) in [5.41, 5.74) is 5.45. The lowest BCUT2D eigenvalue weighted by Gasteiger charge is -2.19. The molecule has 0 atom stereocenters. The Labute approximate surface area is 177 Å². The first-order chi connectivity index (χ1) is 14.1. The lowest BCUT2D eigenvalue weighted by atomic mass is 10.0. The molecule has 29 heavy (non-hydrogen) atoms. The first kappa shape index (κ1) is 21.2. The number of hydrogen-bond donors (Lipinski definition) is 1. The van der Waals surface area contributed by atoms with Gasteiger partial charge in [-0.3, -0.25) is 4.79 Å². The van der Waals surface area contributed by atoms with E-state index in [4.69, 9.17) is 4.74 Å². The SMILES string of the molecule is Cc1cccc(NC(=O)CSCCOC(c2ccccc2)c2ccccc2)c1C. The number of carbonyl (C=O) groups is 1. The van der Waals surface area contributed by atoms with E-state index in [1.54, 1.807) is 11.8 Å². The van der Waals surface area contributed by atoms with Gasteiger partial charge in [-0.2, -0.15) is 0 Å². The molecule has 0 saturated carbocycles. The fraction of sp³-hybridized carbons (Fsp3) is 0.240. The maximum absolute atomic E-state index is 12.2. The van der Waals surface area contributed by atoms with Gasteiger partial charge in [-0.15, -0.1) is 11.8 Å². The third kappa shape index (κ3) is 6.21. The van der Waals surface area contributed by atoms with Crippen LogP contribution in [-0.2, 0) is 9.53 Å². The number of hydrogen-bond acceptors (Lipinski definition) is 3. The third-order valence-electron chi connectivity index (χ3n) is 4.83. The second-order valence-electron chi connectivity index (χ2n) is 6.92. The summed E-state index contributed by atoms with van der Waals surface area (Å²) in [5, 5.41) is 3.00. The molecule has 0 bridgehead atoms. The van der Waals surface area contributed by atoms with Crippen molar-refractivity contribution < 1.29 is 9.53 Å². The molecule has 1 N–H and O–H groups in total. The quantitative estimate of drug-likeness (QED) is 0.459. The molecule has 0 radical (unpaired) electrons. The molecule has 0 spiro atoms. The highest BCUT2D eigenvalue weighted by molar-refractivity contribution is 7.99. The van der Waals surface area contributed by atoms with Gasteiger partial charge in [0.2, 0.25) is 5.91 Å². The predicted octanol–water partition coefficient (Wildman–Crippen LogP) is 5.78. The van der Waals surface area contributed by atoms with Crippen molar-refractivity contribution >= 4 is 23.4 Å². The molecule has 1 amide bonds. The van der Waals surface area contributed by atoms with E-state index in [2.05, 4.69) is 29.6 Å². The van der Waals surface area contributed by atoms with Gasteiger partial charge in [-0.05, 0) is 42.2 Å². The molecule has 3 aromatic rings. The van der Waals surface area contributed by atoms with Gasteiger partial charge in [-0.25, -0.2) is 0 Å². The lowest BCUT2D eigenvalue weighted by Crippen LogP contribution is -2.16. The minimum Gasteiger partial charge on any atom is -0.368 e. The summed E-state index contributed by atoms with van der Waals surface area (Å²) in [6, 6.07) is 26.4. The van der Waals surface area contributed by atoms with Crippen LogP contribution in [0.2, 0.25) is 0 Å². The molecule has 0 fully saturated rings. The molecule has 0 heterocycles. The van der Waals surface area contributed by atoms with Crippen LogP contribution in [0.3, 0.4) is 0 Å². The number of ether oxygens (including phenoxy) is 1. The van der Waals surface area contributed by atoms with Crippen LogP contribution < -0.4 is 5.32 Å². The van der Waals surface area contributed by atoms with Gasteiger partial charge in [0.1, 0.15) is 6.10 Å². The summed E-state index contributed by atoms with van der Waals surface area (Å²) in [6.45, 7) is 4.65. The molecular weight excluding hydrogens is 378 g/mol. The first-order valence-corrected chi connectivity index (χ1v) is 11.0. The fourth-order valence-electron chi connectivity index (χ4n) is 3.10. The van der Waals surface area contributed by atoms with Crippen molar-refractivity contribution in [2.75, 3.05) is 23.4 Å². The Morgan fingerprint density at radius 1 is 0.897 bits per heavy atom. The Kier molecular flexibility index (Phi) is 7.91. The maximum Gasteiger partial charge on any atom is 0.234 e. The molecule has 0 unspecified atom stereocenters. The van der Waals surface area contributed by atoms with Crippen molar-refractivity contribution in [3.63, 3.8) is 0 Å². The van der Waals surface area contributed by atoms with E-state index < -0.39 is 0 Å². The average molecular weight is 406 g/mol. The highest BCUT2D eigenvalue weighted by Crippen LogP contribution is 2.26. The molecule has 3 nitrogen and oxygen atoms in total. The number of benzene rings is 3. The van der Waals surface area contributed by atoms with Crippen LogP contribution in [0.15, 0.2) is 78.9 Å². The molecule has 0 aliphatic rings. The van der Waals surface area contributed by atoms with Crippen LogP contribution in [-0.4, -0.2) is 24.0 Å². The number of nitrogens with one attached hydrogen (secondary N) is 1. The van der Waals surface area contributed by atoms with Crippen LogP contribution in [0, 0.1) is 13.8 Å². The number of anilines is 1. The largest absolute Gasteiger partial charge is 0.368 e. The molecule has 3 aromatic carbocycles. The fourth-order valence-corrected chi connectivity index (χ4v) is 3.72. The van der Waals surface area contributed by atoms with Gasteiger partial charge in [0.25, 0.3) is 0 Å². The second kappa shape index (κ2) is 10.8. The first-order valence-electron chi connectivity index (χ1n) is 9.80. The van der Waals surface area contributed by atoms with Crippen molar-refractivity contribution in [1.82, 2.24) is 0 Å². The van der Waals surface area contributed by atoms with E-state index in [-0.39, 0.29) is 12.0 Å². The van der Waals surface area contributed by atoms with Gasteiger partial charge in [0, 0.05) is 11.4 Å². The molecule has 0 saturated heterocycles. The van der Waals surface area contributed by atoms with Gasteiger partial charge in [0.15, 0.2) is 0 Å². The van der Waals surface area contributed by atoms with E-state index in [1.807, 2.05) is 68.4 Å². The van der Waals surface area contributed by atoms with Crippen molar-refractivity contribution in [2.24, 2.45) is 0 Å². The monoisotopic (exact) mass is 405 g/mol. The van der Waals surface area contributed by atoms with Gasteiger partial charge in [-0.1, -0.05) is 72.8 Å². The van der Waals surface area contributed by atoms with Crippen molar-refractivity contribution in [2.45, 2.75) is 20.0 Å². The number of thioether (sulfide) groups is 1. The highest BCUT2D eigenvalue weighted by atomic mass is 32.2. The zero-order valence-electron chi connectivity index (χ0n) is 16.9. The standard InChI is InChI=1S/C25H27NO2S/c1-19-10-9-15-23(20(19)2)26-24(27)18-29-17-16-28-25(21-11-5-3-6-12-21)22-13-7-4-8-14-22/h3-15,25H,16-18H2,1-2H3,(H,26,27). The van der Waals surface area contributed by atoms with E-state index in [0.717, 1.165) is 28.1 Å². The Morgan fingerprint density at radius 3 is 2.14 bits per heavy atom. The Morgan fingerprint density at radius 2 is 1.52 bits per heavy atom. The Balaban J connectivity index is 1.48. The number of aryl methyl sites for hydroxylation is 1. The molecular formula is C25H27NO2S. The second-order valence-corrected chi connectivity index (χ2v) is 8.03. The molecule has 0 aliphatic heterocycles. The molecule has 0 aromatic heterocycles. The van der Waals surface area contributed by atoms with E-state index in [9.17, 15) is 4.79 Å². The summed E-state index contributed by atoms with van der Waals surface area (Å²) >= 11 is 1.59. The maximum atomic E-state index is 12.2. The van der Waals surface area contributed by atoms with Crippen LogP contribution in [0.4, 0.5) is 5.69 Å². The van der Waals surface area contributed by atoms with Crippen LogP contribution in [0.25, 0.3) is 0 Å². The molecule has 4 heteroatoms. The van der Waals surface area contributed by atoms with Gasteiger partial charge < -0.3 is 10.1 Å². The van der Waals surface area contributed by atoms with Crippen molar-refractivity contribution in [1.29, 1.82) is 0 Å². The smallest absolute Gasteiger partial charge is 0.234 e. The highest BCUT2D eigenvalue weighted by Gasteiger charge is 2.14. The minimum atomic E-state index is -0.0956. The van der Waals surface area contributed by atoms with Crippen LogP contribution in [0.1, 0.15) is 28.4 Å². The summed E-state index contributed by atoms with van der Waals surface area (Å²) in [6.07, 6.45) is -0.0956. The molecule has 150 valence electrons. The lowest BCUT2D eigenvalue weighted by molar-refractivity contribution is -0.113. The number of rotatable bonds is 9. The molecule has 0 aliphatic carbocycles. The van der Waals surface area contributed by atoms with E-state index in [0.29, 0.717) is 12.4 Å². The van der Waals surface area contributed by atoms with Gasteiger partial charge >= 0.3 is 0 Å². The van der Waals surface area contributed by atoms with E-state index in [1.165, 1.54) is 5.56 Å². The summed E-state index contributed by atoms with van der Waals surface area (Å²) in [7, 11) is 0. The Hall–Kier alpha value is -2.56. The summed E-state index contributed by atoms with van der Waals surface area (Å²) < 4.78 is 6.20. The normalized spacial score (nSPS) is 10.9. The molecule has 3 rings (SSSR count). The topological polar surface area (TPSA) is 38.3 Å². The predicted molar refractivity (Wildman–Crippen MR) is 123 cm³/mol. The average Bonchev–Trinajstić information content (AvgIpc) is 2.75. The number of amides is 1. The summed E-state index contributed by atoms with van der Waals surface area (Å²) in [4.78, 5) is 12.2. The van der Waals surface area contributed by atoms with Crippen molar-refractivity contribution in [3.8, 4) is 0 Å². The number of carbonyl (C=O) groups excluding carboxylic acids is 1. The van der Waals surface area contributed by atoms with Gasteiger partial charge in [0.05, 0.1) is 12.4 Å². The van der Waals surface area contributed by atoms with Crippen LogP contribution in [0.5, 0.6) is 0 Å². The van der Waals surface area contributed by atoms with Crippen molar-refractivity contribution in [3.05, 3.63) is 101 Å². The minimum absolute atomic E-state index is 0.0198. The summed E-state index contributed by atoms with van der Waals surface area (Å²) in [5.74, 6) is 1.19. The zero-order chi connectivity index (χ0) is 20.5. The third-order valence-corrected chi connectivity index (χ3v) is 5.75. The zero-order valence-corrected chi connectivity index (χ0v) is 17.7. The Bertz CT molecular complexity index is 873.